The normalized spacial score (nSPS) is 12.1. The summed E-state index contributed by atoms with van der Waals surface area (Å²) in [4.78, 5) is 14.6. The lowest BCUT2D eigenvalue weighted by atomic mass is 9.92. The number of furan rings is 1. The van der Waals surface area contributed by atoms with Gasteiger partial charge >= 0.3 is 0 Å². The molecule has 0 aliphatic carbocycles. The summed E-state index contributed by atoms with van der Waals surface area (Å²) in [5, 5.41) is 4.34. The molecule has 0 N–H and O–H groups in total. The van der Waals surface area contributed by atoms with Gasteiger partial charge in [0.25, 0.3) is 0 Å². The highest BCUT2D eigenvalue weighted by Gasteiger charge is 2.18. The van der Waals surface area contributed by atoms with Crippen LogP contribution in [0, 0.1) is 0 Å². The summed E-state index contributed by atoms with van der Waals surface area (Å²) in [6.07, 6.45) is 0. The molecule has 256 valence electrons. The van der Waals surface area contributed by atoms with Gasteiger partial charge in [0.15, 0.2) is 11.7 Å². The molecule has 0 atom stereocenters. The number of aliphatic imine (C=N–C) groups is 3. The van der Waals surface area contributed by atoms with Gasteiger partial charge in [0.1, 0.15) is 11.2 Å². The topological polar surface area (TPSA) is 50.2 Å². The van der Waals surface area contributed by atoms with E-state index in [1.165, 1.54) is 21.9 Å². The van der Waals surface area contributed by atoms with Crippen molar-refractivity contribution in [2.45, 2.75) is 6.54 Å². The van der Waals surface area contributed by atoms with Gasteiger partial charge in [-0.3, -0.25) is 4.99 Å². The predicted molar refractivity (Wildman–Crippen MR) is 227 cm³/mol. The molecule has 1 aromatic heterocycles. The Morgan fingerprint density at radius 1 is 0.463 bits per heavy atom. The fourth-order valence-electron chi connectivity index (χ4n) is 7.26. The molecule has 0 radical (unpaired) electrons. The SMILES string of the molecule is C=N/C(=N\C(=N/Cc1ccccc1)c1ccc(-c2ccccc2)cc1)c1cccc2oc3cc(-c4ccc(-c5ccccc5)c5ccccc45)ccc3c12. The lowest BCUT2D eigenvalue weighted by molar-refractivity contribution is 0.669. The van der Waals surface area contributed by atoms with E-state index in [4.69, 9.17) is 14.4 Å². The molecule has 9 rings (SSSR count). The summed E-state index contributed by atoms with van der Waals surface area (Å²) < 4.78 is 6.56. The summed E-state index contributed by atoms with van der Waals surface area (Å²) in [6.45, 7) is 4.45. The van der Waals surface area contributed by atoms with Gasteiger partial charge in [-0.1, -0.05) is 170 Å². The van der Waals surface area contributed by atoms with Crippen LogP contribution in [0.3, 0.4) is 0 Å². The zero-order valence-electron chi connectivity index (χ0n) is 29.6. The van der Waals surface area contributed by atoms with Crippen LogP contribution < -0.4 is 0 Å². The lowest BCUT2D eigenvalue weighted by Crippen LogP contribution is -2.06. The Kier molecular flexibility index (Phi) is 8.76. The number of amidine groups is 2. The molecule has 0 aliphatic heterocycles. The third-order valence-electron chi connectivity index (χ3n) is 9.92. The molecule has 4 heteroatoms. The van der Waals surface area contributed by atoms with Gasteiger partial charge < -0.3 is 4.42 Å². The fourth-order valence-corrected chi connectivity index (χ4v) is 7.26. The smallest absolute Gasteiger partial charge is 0.161 e. The molecule has 0 bridgehead atoms. The molecule has 0 saturated heterocycles. The van der Waals surface area contributed by atoms with Crippen LogP contribution in [0.4, 0.5) is 0 Å². The zero-order valence-corrected chi connectivity index (χ0v) is 29.6. The van der Waals surface area contributed by atoms with Gasteiger partial charge in [-0.15, -0.1) is 0 Å². The van der Waals surface area contributed by atoms with Crippen LogP contribution in [0.15, 0.2) is 207 Å². The molecule has 0 saturated carbocycles. The van der Waals surface area contributed by atoms with Crippen LogP contribution in [0.1, 0.15) is 16.7 Å². The van der Waals surface area contributed by atoms with Crippen molar-refractivity contribution >= 4 is 51.1 Å². The van der Waals surface area contributed by atoms with E-state index in [0.717, 1.165) is 60.9 Å². The first-order chi connectivity index (χ1) is 26.7. The molecule has 1 heterocycles. The van der Waals surface area contributed by atoms with E-state index in [9.17, 15) is 0 Å². The number of hydrogen-bond acceptors (Lipinski definition) is 2. The molecule has 0 amide bonds. The average Bonchev–Trinajstić information content (AvgIpc) is 3.63. The Morgan fingerprint density at radius 2 is 1.06 bits per heavy atom. The van der Waals surface area contributed by atoms with Gasteiger partial charge in [-0.2, -0.15) is 0 Å². The van der Waals surface area contributed by atoms with Crippen molar-refractivity contribution in [1.82, 2.24) is 0 Å². The first-order valence-electron chi connectivity index (χ1n) is 18.1. The maximum atomic E-state index is 6.56. The third kappa shape index (κ3) is 6.31. The van der Waals surface area contributed by atoms with Crippen molar-refractivity contribution in [2.75, 3.05) is 0 Å². The number of hydrogen-bond donors (Lipinski definition) is 0. The maximum absolute atomic E-state index is 6.56. The fraction of sp³-hybridized carbons (Fsp3) is 0.0200. The van der Waals surface area contributed by atoms with E-state index in [2.05, 4.69) is 157 Å². The summed E-state index contributed by atoms with van der Waals surface area (Å²) in [6, 6.07) is 65.0. The van der Waals surface area contributed by atoms with E-state index < -0.39 is 0 Å². The van der Waals surface area contributed by atoms with Crippen LogP contribution >= 0.6 is 0 Å². The van der Waals surface area contributed by atoms with E-state index in [1.807, 2.05) is 42.5 Å². The Morgan fingerprint density at radius 3 is 1.74 bits per heavy atom. The van der Waals surface area contributed by atoms with Gasteiger partial charge in [0.2, 0.25) is 0 Å². The number of rotatable bonds is 7. The highest BCUT2D eigenvalue weighted by molar-refractivity contribution is 6.22. The Bertz CT molecular complexity index is 2840. The molecule has 8 aromatic carbocycles. The second-order valence-corrected chi connectivity index (χ2v) is 13.2. The summed E-state index contributed by atoms with van der Waals surface area (Å²) in [5.74, 6) is 1.06. The molecule has 0 fully saturated rings. The van der Waals surface area contributed by atoms with Crippen LogP contribution in [0.25, 0.3) is 66.1 Å². The largest absolute Gasteiger partial charge is 0.456 e. The molecule has 4 nitrogen and oxygen atoms in total. The summed E-state index contributed by atoms with van der Waals surface area (Å²) >= 11 is 0. The van der Waals surface area contributed by atoms with Gasteiger partial charge in [0.05, 0.1) is 6.54 Å². The Hall–Kier alpha value is -7.17. The van der Waals surface area contributed by atoms with Crippen LogP contribution in [-0.2, 0) is 6.54 Å². The average molecular weight is 694 g/mol. The lowest BCUT2D eigenvalue weighted by Gasteiger charge is -2.12. The molecule has 0 aliphatic rings. The minimum absolute atomic E-state index is 0.479. The Labute approximate surface area is 314 Å². The van der Waals surface area contributed by atoms with E-state index in [-0.39, 0.29) is 0 Å². The predicted octanol–water partition coefficient (Wildman–Crippen LogP) is 12.8. The number of nitrogens with zero attached hydrogens (tertiary/aromatic N) is 3. The van der Waals surface area contributed by atoms with Gasteiger partial charge in [-0.05, 0) is 74.6 Å². The third-order valence-corrected chi connectivity index (χ3v) is 9.92. The minimum atomic E-state index is 0.479. The molecular formula is C50H35N3O. The van der Waals surface area contributed by atoms with Gasteiger partial charge in [-0.25, -0.2) is 9.98 Å². The van der Waals surface area contributed by atoms with E-state index in [1.54, 1.807) is 0 Å². The van der Waals surface area contributed by atoms with Crippen molar-refractivity contribution in [3.8, 4) is 33.4 Å². The molecule has 0 spiro atoms. The maximum Gasteiger partial charge on any atom is 0.161 e. The van der Waals surface area contributed by atoms with Crippen molar-refractivity contribution in [2.24, 2.45) is 15.0 Å². The molecule has 54 heavy (non-hydrogen) atoms. The molecular weight excluding hydrogens is 659 g/mol. The summed E-state index contributed by atoms with van der Waals surface area (Å²) in [5.41, 5.74) is 11.3. The number of benzene rings is 8. The van der Waals surface area contributed by atoms with Crippen molar-refractivity contribution in [1.29, 1.82) is 0 Å². The molecule has 0 unspecified atom stereocenters. The first-order valence-corrected chi connectivity index (χ1v) is 18.1. The Balaban J connectivity index is 1.13. The second kappa shape index (κ2) is 14.5. The minimum Gasteiger partial charge on any atom is -0.456 e. The summed E-state index contributed by atoms with van der Waals surface area (Å²) in [7, 11) is 0. The van der Waals surface area contributed by atoms with Crippen LogP contribution in [0.5, 0.6) is 0 Å². The van der Waals surface area contributed by atoms with Gasteiger partial charge in [0, 0.05) is 21.9 Å². The standard InChI is InChI=1S/C50H35N3O/c1-51-50(53-49(52-33-34-14-5-2-6-15-34)38-26-24-36(25-27-38)35-16-7-3-8-17-35)45-22-13-23-46-48(45)44-29-28-39(32-47(44)54-46)41-31-30-40(37-18-9-4-10-19-37)42-20-11-12-21-43(41)42/h2-32H,1,33H2/b52-49-,53-50-. The highest BCUT2D eigenvalue weighted by Crippen LogP contribution is 2.39. The van der Waals surface area contributed by atoms with Crippen molar-refractivity contribution in [3.63, 3.8) is 0 Å². The van der Waals surface area contributed by atoms with E-state index in [0.29, 0.717) is 18.2 Å². The van der Waals surface area contributed by atoms with Crippen molar-refractivity contribution in [3.05, 3.63) is 205 Å². The van der Waals surface area contributed by atoms with Crippen LogP contribution in [-0.4, -0.2) is 18.4 Å². The quantitative estimate of drug-likeness (QED) is 0.121. The monoisotopic (exact) mass is 693 g/mol. The second-order valence-electron chi connectivity index (χ2n) is 13.2. The highest BCUT2D eigenvalue weighted by atomic mass is 16.3. The van der Waals surface area contributed by atoms with E-state index >= 15 is 0 Å². The van der Waals surface area contributed by atoms with Crippen LogP contribution in [0.2, 0.25) is 0 Å². The first kappa shape index (κ1) is 32.7. The van der Waals surface area contributed by atoms with Crippen molar-refractivity contribution < 1.29 is 4.42 Å². The number of fused-ring (bicyclic) bond motifs is 4. The zero-order chi connectivity index (χ0) is 36.3. The molecule has 9 aromatic rings.